The number of hydrogen-bond donors (Lipinski definition) is 0. The van der Waals surface area contributed by atoms with Crippen molar-refractivity contribution < 1.29 is 8.98 Å². The molecular formula is C37H39N2O+. The Kier molecular flexibility index (Phi) is 6.75. The number of nitrogens with zero attached hydrogens (tertiary/aromatic N) is 2. The summed E-state index contributed by atoms with van der Waals surface area (Å²) >= 11 is 0. The lowest BCUT2D eigenvalue weighted by atomic mass is 9.75. The Balaban J connectivity index is 1.47. The van der Waals surface area contributed by atoms with Crippen LogP contribution >= 0.6 is 0 Å². The summed E-state index contributed by atoms with van der Waals surface area (Å²) in [5.41, 5.74) is 10.2. The fraction of sp³-hybridized carbons (Fsp3) is 0.351. The van der Waals surface area contributed by atoms with Crippen LogP contribution < -0.4 is 4.57 Å². The maximum atomic E-state index is 10.2. The molecule has 3 aromatic carbocycles. The maximum Gasteiger partial charge on any atom is 0.216 e. The highest BCUT2D eigenvalue weighted by Gasteiger charge is 2.29. The molecule has 6 rings (SSSR count). The van der Waals surface area contributed by atoms with E-state index in [9.17, 15) is 5.26 Å². The Morgan fingerprint density at radius 3 is 2.25 bits per heavy atom. The number of pyridine rings is 1. The van der Waals surface area contributed by atoms with Gasteiger partial charge in [-0.05, 0) is 85.1 Å². The van der Waals surface area contributed by atoms with E-state index in [2.05, 4.69) is 112 Å². The first kappa shape index (κ1) is 26.3. The molecular weight excluding hydrogens is 488 g/mol. The second-order valence-corrected chi connectivity index (χ2v) is 13.0. The molecule has 1 aliphatic carbocycles. The van der Waals surface area contributed by atoms with Crippen LogP contribution in [0.4, 0.5) is 0 Å². The lowest BCUT2D eigenvalue weighted by Crippen LogP contribution is -2.31. The number of hydrogen-bond acceptors (Lipinski definition) is 2. The zero-order valence-corrected chi connectivity index (χ0v) is 24.4. The van der Waals surface area contributed by atoms with Gasteiger partial charge in [0, 0.05) is 28.5 Å². The van der Waals surface area contributed by atoms with Gasteiger partial charge in [0.1, 0.15) is 18.2 Å². The van der Waals surface area contributed by atoms with Gasteiger partial charge in [0.2, 0.25) is 5.69 Å². The highest BCUT2D eigenvalue weighted by Crippen LogP contribution is 2.46. The predicted octanol–water partition coefficient (Wildman–Crippen LogP) is 9.29. The first-order chi connectivity index (χ1) is 19.2. The van der Waals surface area contributed by atoms with Crippen molar-refractivity contribution in [2.24, 2.45) is 12.5 Å². The molecule has 1 saturated carbocycles. The van der Waals surface area contributed by atoms with Gasteiger partial charge in [0.25, 0.3) is 0 Å². The van der Waals surface area contributed by atoms with Crippen molar-refractivity contribution in [1.82, 2.24) is 0 Å². The summed E-state index contributed by atoms with van der Waals surface area (Å²) < 4.78 is 9.09. The summed E-state index contributed by atoms with van der Waals surface area (Å²) in [7, 11) is 2.11. The molecule has 3 heteroatoms. The van der Waals surface area contributed by atoms with Crippen molar-refractivity contribution >= 4 is 21.9 Å². The maximum absolute atomic E-state index is 10.2. The molecule has 40 heavy (non-hydrogen) atoms. The molecule has 3 nitrogen and oxygen atoms in total. The fourth-order valence-corrected chi connectivity index (χ4v) is 6.87. The van der Waals surface area contributed by atoms with Crippen LogP contribution in [-0.4, -0.2) is 0 Å². The van der Waals surface area contributed by atoms with E-state index in [1.165, 1.54) is 16.7 Å². The van der Waals surface area contributed by atoms with Crippen LogP contribution in [0.15, 0.2) is 77.3 Å². The van der Waals surface area contributed by atoms with Gasteiger partial charge in [-0.25, -0.2) is 4.57 Å². The second kappa shape index (κ2) is 10.3. The minimum absolute atomic E-state index is 0.208. The van der Waals surface area contributed by atoms with Gasteiger partial charge in [-0.2, -0.15) is 5.26 Å². The standard InChI is InChI=1S/C37H39N2O/c1-24-11-17-30-31-18-16-29(23-38)34(28-14-12-27(13-15-28)26-9-7-6-8-10-26)36(31)40-35(30)33(24)32-21-25(19-20-39(32)5)22-37(2,3)4/h6-11,16-21,27-28H,12-15,22H2,1-5H3/q+1. The monoisotopic (exact) mass is 527 g/mol. The Morgan fingerprint density at radius 2 is 1.55 bits per heavy atom. The van der Waals surface area contributed by atoms with E-state index in [4.69, 9.17) is 4.42 Å². The van der Waals surface area contributed by atoms with E-state index in [0.29, 0.717) is 11.8 Å². The number of rotatable bonds is 4. The van der Waals surface area contributed by atoms with Gasteiger partial charge in [-0.1, -0.05) is 63.2 Å². The van der Waals surface area contributed by atoms with Crippen LogP contribution in [0.2, 0.25) is 0 Å². The van der Waals surface area contributed by atoms with Crippen molar-refractivity contribution in [2.75, 3.05) is 0 Å². The first-order valence-electron chi connectivity index (χ1n) is 14.7. The first-order valence-corrected chi connectivity index (χ1v) is 14.7. The summed E-state index contributed by atoms with van der Waals surface area (Å²) in [6.07, 6.45) is 7.59. The SMILES string of the molecule is Cc1ccc2c(oc3c(C4CCC(c5ccccc5)CC4)c(C#N)ccc32)c1-c1cc(CC(C)(C)C)cc[n+]1C. The zero-order chi connectivity index (χ0) is 28.0. The number of benzene rings is 3. The minimum Gasteiger partial charge on any atom is -0.455 e. The van der Waals surface area contributed by atoms with Crippen LogP contribution in [0.3, 0.4) is 0 Å². The summed E-state index contributed by atoms with van der Waals surface area (Å²) in [4.78, 5) is 0. The number of nitriles is 1. The average molecular weight is 528 g/mol. The van der Waals surface area contributed by atoms with E-state index < -0.39 is 0 Å². The predicted molar refractivity (Wildman–Crippen MR) is 163 cm³/mol. The van der Waals surface area contributed by atoms with Crippen molar-refractivity contribution in [2.45, 2.75) is 71.6 Å². The molecule has 2 heterocycles. The van der Waals surface area contributed by atoms with Gasteiger partial charge in [-0.3, -0.25) is 0 Å². The summed E-state index contributed by atoms with van der Waals surface area (Å²) in [5, 5.41) is 12.4. The van der Waals surface area contributed by atoms with Crippen LogP contribution in [0.1, 0.15) is 86.1 Å². The molecule has 0 amide bonds. The summed E-state index contributed by atoms with van der Waals surface area (Å²) in [6.45, 7) is 9.02. The molecule has 0 unspecified atom stereocenters. The molecule has 5 aromatic rings. The highest BCUT2D eigenvalue weighted by atomic mass is 16.3. The van der Waals surface area contributed by atoms with Crippen LogP contribution in [0, 0.1) is 23.7 Å². The molecule has 0 saturated heterocycles. The molecule has 0 radical (unpaired) electrons. The smallest absolute Gasteiger partial charge is 0.216 e. The van der Waals surface area contributed by atoms with E-state index >= 15 is 0 Å². The Labute approximate surface area is 238 Å². The van der Waals surface area contributed by atoms with Crippen LogP contribution in [0.25, 0.3) is 33.2 Å². The fourth-order valence-electron chi connectivity index (χ4n) is 6.87. The van der Waals surface area contributed by atoms with E-state index in [0.717, 1.165) is 76.4 Å². The minimum atomic E-state index is 0.208. The van der Waals surface area contributed by atoms with Crippen molar-refractivity contribution in [3.63, 3.8) is 0 Å². The van der Waals surface area contributed by atoms with Gasteiger partial charge in [0.15, 0.2) is 6.20 Å². The third-order valence-electron chi connectivity index (χ3n) is 8.79. The number of aromatic nitrogens is 1. The lowest BCUT2D eigenvalue weighted by molar-refractivity contribution is -0.660. The Morgan fingerprint density at radius 1 is 0.875 bits per heavy atom. The van der Waals surface area contributed by atoms with Crippen molar-refractivity contribution in [3.8, 4) is 17.3 Å². The number of fused-ring (bicyclic) bond motifs is 3. The molecule has 2 aromatic heterocycles. The zero-order valence-electron chi connectivity index (χ0n) is 24.4. The molecule has 0 atom stereocenters. The van der Waals surface area contributed by atoms with Crippen LogP contribution in [0.5, 0.6) is 0 Å². The normalized spacial score (nSPS) is 17.8. The van der Waals surface area contributed by atoms with Gasteiger partial charge < -0.3 is 4.42 Å². The van der Waals surface area contributed by atoms with Crippen LogP contribution in [-0.2, 0) is 13.5 Å². The molecule has 0 bridgehead atoms. The molecule has 1 fully saturated rings. The average Bonchev–Trinajstić information content (AvgIpc) is 3.32. The van der Waals surface area contributed by atoms with Gasteiger partial charge in [0.05, 0.1) is 17.2 Å². The van der Waals surface area contributed by atoms with E-state index in [1.807, 2.05) is 6.07 Å². The van der Waals surface area contributed by atoms with Crippen molar-refractivity contribution in [3.05, 3.63) is 101 Å². The molecule has 0 N–H and O–H groups in total. The number of furan rings is 1. The topological polar surface area (TPSA) is 40.8 Å². The quantitative estimate of drug-likeness (QED) is 0.219. The van der Waals surface area contributed by atoms with Gasteiger partial charge in [-0.15, -0.1) is 0 Å². The third-order valence-corrected chi connectivity index (χ3v) is 8.79. The van der Waals surface area contributed by atoms with Gasteiger partial charge >= 0.3 is 0 Å². The highest BCUT2D eigenvalue weighted by molar-refractivity contribution is 6.11. The Hall–Kier alpha value is -3.90. The molecule has 0 aliphatic heterocycles. The van der Waals surface area contributed by atoms with Crippen molar-refractivity contribution in [1.29, 1.82) is 5.26 Å². The third kappa shape index (κ3) is 4.81. The largest absolute Gasteiger partial charge is 0.455 e. The lowest BCUT2D eigenvalue weighted by Gasteiger charge is -2.29. The summed E-state index contributed by atoms with van der Waals surface area (Å²) in [6, 6.07) is 26.5. The second-order valence-electron chi connectivity index (χ2n) is 13.0. The van der Waals surface area contributed by atoms with E-state index in [-0.39, 0.29) is 5.41 Å². The Bertz CT molecular complexity index is 1740. The summed E-state index contributed by atoms with van der Waals surface area (Å²) in [5.74, 6) is 0.919. The molecule has 0 spiro atoms. The number of aryl methyl sites for hydroxylation is 2. The molecule has 202 valence electrons. The molecule has 1 aliphatic rings. The van der Waals surface area contributed by atoms with E-state index in [1.54, 1.807) is 0 Å².